The van der Waals surface area contributed by atoms with E-state index in [0.29, 0.717) is 3.57 Å². The van der Waals surface area contributed by atoms with Crippen molar-refractivity contribution in [2.24, 2.45) is 0 Å². The Balaban J connectivity index is 2.90. The molecule has 0 atom stereocenters. The molecule has 100 valence electrons. The van der Waals surface area contributed by atoms with Gasteiger partial charge < -0.3 is 4.74 Å². The molecule has 0 amide bonds. The standard InChI is InChI=1S/C12H12F3IO2/c1-2-18-11(17)7-6-8-9(12(13,14)15)4-3-5-10(8)16/h3-5H,2,6-7H2,1H3. The highest BCUT2D eigenvalue weighted by molar-refractivity contribution is 14.1. The molecule has 0 radical (unpaired) electrons. The lowest BCUT2D eigenvalue weighted by molar-refractivity contribution is -0.144. The van der Waals surface area contributed by atoms with E-state index in [2.05, 4.69) is 0 Å². The molecule has 0 N–H and O–H groups in total. The van der Waals surface area contributed by atoms with Crippen molar-refractivity contribution in [2.75, 3.05) is 6.61 Å². The van der Waals surface area contributed by atoms with Gasteiger partial charge in [-0.3, -0.25) is 4.79 Å². The van der Waals surface area contributed by atoms with Gasteiger partial charge in [-0.25, -0.2) is 0 Å². The highest BCUT2D eigenvalue weighted by atomic mass is 127. The molecular weight excluding hydrogens is 360 g/mol. The fourth-order valence-electron chi connectivity index (χ4n) is 1.54. The summed E-state index contributed by atoms with van der Waals surface area (Å²) >= 11 is 1.84. The van der Waals surface area contributed by atoms with Gasteiger partial charge in [0.15, 0.2) is 0 Å². The lowest BCUT2D eigenvalue weighted by Gasteiger charge is -2.14. The van der Waals surface area contributed by atoms with Crippen LogP contribution < -0.4 is 0 Å². The van der Waals surface area contributed by atoms with Crippen molar-refractivity contribution in [1.29, 1.82) is 0 Å². The second kappa shape index (κ2) is 6.40. The van der Waals surface area contributed by atoms with Gasteiger partial charge in [-0.2, -0.15) is 13.2 Å². The molecule has 0 aliphatic rings. The zero-order chi connectivity index (χ0) is 13.8. The number of carbonyl (C=O) groups excluding carboxylic acids is 1. The van der Waals surface area contributed by atoms with Gasteiger partial charge in [-0.05, 0) is 53.6 Å². The molecule has 1 aromatic rings. The maximum atomic E-state index is 12.8. The Hall–Kier alpha value is -0.790. The topological polar surface area (TPSA) is 26.3 Å². The molecule has 0 unspecified atom stereocenters. The van der Waals surface area contributed by atoms with Crippen molar-refractivity contribution in [1.82, 2.24) is 0 Å². The number of hydrogen-bond acceptors (Lipinski definition) is 2. The Morgan fingerprint density at radius 1 is 1.39 bits per heavy atom. The van der Waals surface area contributed by atoms with Crippen LogP contribution in [0.1, 0.15) is 24.5 Å². The molecule has 0 aliphatic heterocycles. The van der Waals surface area contributed by atoms with E-state index in [4.69, 9.17) is 4.74 Å². The molecule has 1 rings (SSSR count). The van der Waals surface area contributed by atoms with Gasteiger partial charge in [0.1, 0.15) is 0 Å². The van der Waals surface area contributed by atoms with Crippen LogP contribution in [0.2, 0.25) is 0 Å². The average molecular weight is 372 g/mol. The first-order valence-electron chi connectivity index (χ1n) is 5.36. The normalized spacial score (nSPS) is 11.4. The number of alkyl halides is 3. The Morgan fingerprint density at radius 2 is 2.06 bits per heavy atom. The van der Waals surface area contributed by atoms with Crippen molar-refractivity contribution in [3.05, 3.63) is 32.9 Å². The largest absolute Gasteiger partial charge is 0.466 e. The fraction of sp³-hybridized carbons (Fsp3) is 0.417. The molecule has 0 saturated heterocycles. The van der Waals surface area contributed by atoms with E-state index in [-0.39, 0.29) is 25.0 Å². The van der Waals surface area contributed by atoms with Crippen molar-refractivity contribution in [3.63, 3.8) is 0 Å². The molecule has 0 spiro atoms. The molecule has 0 aliphatic carbocycles. The number of halogens is 4. The first-order chi connectivity index (χ1) is 8.36. The number of carbonyl (C=O) groups is 1. The summed E-state index contributed by atoms with van der Waals surface area (Å²) in [6.45, 7) is 1.89. The summed E-state index contributed by atoms with van der Waals surface area (Å²) < 4.78 is 43.6. The number of hydrogen-bond donors (Lipinski definition) is 0. The van der Waals surface area contributed by atoms with Crippen molar-refractivity contribution in [2.45, 2.75) is 25.9 Å². The van der Waals surface area contributed by atoms with Crippen LogP contribution in [0.25, 0.3) is 0 Å². The maximum absolute atomic E-state index is 12.8. The quantitative estimate of drug-likeness (QED) is 0.594. The van der Waals surface area contributed by atoms with Crippen molar-refractivity contribution in [3.8, 4) is 0 Å². The van der Waals surface area contributed by atoms with Gasteiger partial charge in [0.05, 0.1) is 12.2 Å². The Labute approximate surface area is 117 Å². The molecule has 1 aromatic carbocycles. The van der Waals surface area contributed by atoms with Crippen molar-refractivity contribution >= 4 is 28.6 Å². The number of benzene rings is 1. The first kappa shape index (κ1) is 15.3. The molecule has 0 bridgehead atoms. The average Bonchev–Trinajstić information content (AvgIpc) is 2.26. The van der Waals surface area contributed by atoms with Crippen LogP contribution in [0.5, 0.6) is 0 Å². The van der Waals surface area contributed by atoms with Crippen LogP contribution in [0, 0.1) is 3.57 Å². The summed E-state index contributed by atoms with van der Waals surface area (Å²) in [5.74, 6) is -0.481. The third-order valence-corrected chi connectivity index (χ3v) is 3.32. The predicted molar refractivity (Wildman–Crippen MR) is 69.1 cm³/mol. The molecular formula is C12H12F3IO2. The van der Waals surface area contributed by atoms with E-state index in [1.807, 2.05) is 22.6 Å². The van der Waals surface area contributed by atoms with Crippen LogP contribution in [0.4, 0.5) is 13.2 Å². The molecule has 18 heavy (non-hydrogen) atoms. The third-order valence-electron chi connectivity index (χ3n) is 2.31. The number of ether oxygens (including phenoxy) is 1. The SMILES string of the molecule is CCOC(=O)CCc1c(I)cccc1C(F)(F)F. The van der Waals surface area contributed by atoms with Crippen LogP contribution in [0.3, 0.4) is 0 Å². The van der Waals surface area contributed by atoms with E-state index in [9.17, 15) is 18.0 Å². The van der Waals surface area contributed by atoms with E-state index >= 15 is 0 Å². The first-order valence-corrected chi connectivity index (χ1v) is 6.44. The van der Waals surface area contributed by atoms with Crippen LogP contribution >= 0.6 is 22.6 Å². The van der Waals surface area contributed by atoms with Gasteiger partial charge in [-0.15, -0.1) is 0 Å². The van der Waals surface area contributed by atoms with Gasteiger partial charge in [-0.1, -0.05) is 6.07 Å². The second-order valence-electron chi connectivity index (χ2n) is 3.57. The minimum Gasteiger partial charge on any atom is -0.466 e. The fourth-order valence-corrected chi connectivity index (χ4v) is 2.31. The molecule has 0 saturated carbocycles. The summed E-state index contributed by atoms with van der Waals surface area (Å²) in [6, 6.07) is 3.98. The molecule has 0 fully saturated rings. The van der Waals surface area contributed by atoms with E-state index < -0.39 is 17.7 Å². The minimum absolute atomic E-state index is 0.0345. The van der Waals surface area contributed by atoms with Gasteiger partial charge in [0.25, 0.3) is 0 Å². The monoisotopic (exact) mass is 372 g/mol. The van der Waals surface area contributed by atoms with Crippen LogP contribution in [-0.2, 0) is 22.1 Å². The molecule has 2 nitrogen and oxygen atoms in total. The number of esters is 1. The lowest BCUT2D eigenvalue weighted by atomic mass is 10.0. The second-order valence-corrected chi connectivity index (χ2v) is 4.73. The van der Waals surface area contributed by atoms with Gasteiger partial charge >= 0.3 is 12.1 Å². The highest BCUT2D eigenvalue weighted by Gasteiger charge is 2.33. The Morgan fingerprint density at radius 3 is 2.61 bits per heavy atom. The highest BCUT2D eigenvalue weighted by Crippen LogP contribution is 2.34. The van der Waals surface area contributed by atoms with E-state index in [0.717, 1.165) is 6.07 Å². The molecule has 0 aromatic heterocycles. The third kappa shape index (κ3) is 4.15. The van der Waals surface area contributed by atoms with Crippen LogP contribution in [0.15, 0.2) is 18.2 Å². The van der Waals surface area contributed by atoms with Crippen molar-refractivity contribution < 1.29 is 22.7 Å². The summed E-state index contributed by atoms with van der Waals surface area (Å²) in [4.78, 5) is 11.2. The zero-order valence-corrected chi connectivity index (χ0v) is 11.8. The summed E-state index contributed by atoms with van der Waals surface area (Å²) in [5, 5.41) is 0. The summed E-state index contributed by atoms with van der Waals surface area (Å²) in [6.07, 6.45) is -4.41. The van der Waals surface area contributed by atoms with E-state index in [1.54, 1.807) is 13.0 Å². The van der Waals surface area contributed by atoms with Crippen LogP contribution in [-0.4, -0.2) is 12.6 Å². The lowest BCUT2D eigenvalue weighted by Crippen LogP contribution is -2.12. The molecule has 0 heterocycles. The minimum atomic E-state index is -4.40. The van der Waals surface area contributed by atoms with Gasteiger partial charge in [0, 0.05) is 9.99 Å². The maximum Gasteiger partial charge on any atom is 0.416 e. The molecule has 6 heteroatoms. The Kier molecular flexibility index (Phi) is 5.43. The summed E-state index contributed by atoms with van der Waals surface area (Å²) in [5.41, 5.74) is -0.530. The Bertz CT molecular complexity index is 430. The smallest absolute Gasteiger partial charge is 0.416 e. The van der Waals surface area contributed by atoms with Gasteiger partial charge in [0.2, 0.25) is 0 Å². The number of rotatable bonds is 4. The summed E-state index contributed by atoms with van der Waals surface area (Å²) in [7, 11) is 0. The predicted octanol–water partition coefficient (Wildman–Crippen LogP) is 3.81. The van der Waals surface area contributed by atoms with E-state index in [1.165, 1.54) is 6.07 Å². The zero-order valence-electron chi connectivity index (χ0n) is 9.68.